The maximum atomic E-state index is 12.4. The molecule has 2 aliphatic rings. The molecule has 1 atom stereocenters. The van der Waals surface area contributed by atoms with E-state index in [1.54, 1.807) is 19.2 Å². The molecule has 0 aromatic heterocycles. The molecular formula is C19H28N2O4. The summed E-state index contributed by atoms with van der Waals surface area (Å²) in [6, 6.07) is 7.24. The molecule has 2 N–H and O–H groups in total. The highest BCUT2D eigenvalue weighted by Crippen LogP contribution is 2.43. The second kappa shape index (κ2) is 8.06. The molecule has 2 fully saturated rings. The Morgan fingerprint density at radius 1 is 1.24 bits per heavy atom. The van der Waals surface area contributed by atoms with E-state index in [-0.39, 0.29) is 24.5 Å². The lowest BCUT2D eigenvalue weighted by atomic mass is 9.65. The van der Waals surface area contributed by atoms with E-state index in [4.69, 9.17) is 9.47 Å². The molecule has 0 aliphatic carbocycles. The first-order chi connectivity index (χ1) is 12.2. The minimum Gasteiger partial charge on any atom is -0.497 e. The molecule has 6 nitrogen and oxygen atoms in total. The van der Waals surface area contributed by atoms with Crippen LogP contribution in [0.5, 0.6) is 11.5 Å². The lowest BCUT2D eigenvalue weighted by molar-refractivity contribution is -0.137. The van der Waals surface area contributed by atoms with Gasteiger partial charge in [-0.25, -0.2) is 0 Å². The molecule has 2 saturated heterocycles. The number of rotatable bonds is 5. The van der Waals surface area contributed by atoms with Gasteiger partial charge in [0.2, 0.25) is 0 Å². The van der Waals surface area contributed by atoms with Crippen LogP contribution in [-0.2, 0) is 4.79 Å². The van der Waals surface area contributed by atoms with Crippen LogP contribution in [0.15, 0.2) is 24.3 Å². The van der Waals surface area contributed by atoms with Crippen molar-refractivity contribution in [3.63, 3.8) is 0 Å². The highest BCUT2D eigenvalue weighted by atomic mass is 16.5. The molecule has 2 aliphatic heterocycles. The molecule has 138 valence electrons. The molecular weight excluding hydrogens is 320 g/mol. The molecule has 3 rings (SSSR count). The van der Waals surface area contributed by atoms with Gasteiger partial charge in [0, 0.05) is 32.2 Å². The Labute approximate surface area is 149 Å². The number of nitrogens with zero attached hydrogens (tertiary/aromatic N) is 1. The number of carbonyl (C=O) groups excluding carboxylic acids is 1. The Kier molecular flexibility index (Phi) is 5.81. The Morgan fingerprint density at radius 2 is 1.92 bits per heavy atom. The Morgan fingerprint density at radius 3 is 2.56 bits per heavy atom. The predicted octanol–water partition coefficient (Wildman–Crippen LogP) is 1.28. The molecule has 0 unspecified atom stereocenters. The summed E-state index contributed by atoms with van der Waals surface area (Å²) in [6.07, 6.45) is 3.02. The number of benzene rings is 1. The molecule has 1 amide bonds. The van der Waals surface area contributed by atoms with Crippen LogP contribution in [0.3, 0.4) is 0 Å². The Hall–Kier alpha value is -1.79. The molecule has 0 radical (unpaired) electrons. The predicted molar refractivity (Wildman–Crippen MR) is 94.8 cm³/mol. The van der Waals surface area contributed by atoms with Crippen LogP contribution in [-0.4, -0.2) is 62.4 Å². The van der Waals surface area contributed by atoms with Crippen LogP contribution in [0, 0.1) is 11.3 Å². The quantitative estimate of drug-likeness (QED) is 0.839. The lowest BCUT2D eigenvalue weighted by Gasteiger charge is -2.49. The van der Waals surface area contributed by atoms with Gasteiger partial charge >= 0.3 is 0 Å². The third-order valence-corrected chi connectivity index (χ3v) is 5.81. The monoisotopic (exact) mass is 348 g/mol. The average Bonchev–Trinajstić information content (AvgIpc) is 2.67. The van der Waals surface area contributed by atoms with Crippen molar-refractivity contribution >= 4 is 5.91 Å². The summed E-state index contributed by atoms with van der Waals surface area (Å²) in [5, 5.41) is 13.1. The number of piperidine rings is 2. The Balaban J connectivity index is 1.49. The van der Waals surface area contributed by atoms with E-state index in [1.807, 2.05) is 17.0 Å². The fourth-order valence-corrected chi connectivity index (χ4v) is 4.06. The van der Waals surface area contributed by atoms with Crippen molar-refractivity contribution in [3.8, 4) is 11.5 Å². The molecule has 25 heavy (non-hydrogen) atoms. The van der Waals surface area contributed by atoms with Crippen molar-refractivity contribution in [2.45, 2.75) is 19.3 Å². The number of nitrogens with one attached hydrogen (secondary N) is 1. The minimum absolute atomic E-state index is 0.0279. The number of aliphatic hydroxyl groups excluding tert-OH is 1. The summed E-state index contributed by atoms with van der Waals surface area (Å²) in [5.41, 5.74) is 0.188. The molecule has 1 spiro atoms. The minimum atomic E-state index is 0.0279. The van der Waals surface area contributed by atoms with Crippen molar-refractivity contribution < 1.29 is 19.4 Å². The van der Waals surface area contributed by atoms with Gasteiger partial charge < -0.3 is 24.8 Å². The van der Waals surface area contributed by atoms with Gasteiger partial charge in [-0.2, -0.15) is 0 Å². The molecule has 6 heteroatoms. The number of hydrogen-bond donors (Lipinski definition) is 2. The molecule has 1 aromatic carbocycles. The summed E-state index contributed by atoms with van der Waals surface area (Å²) < 4.78 is 10.7. The van der Waals surface area contributed by atoms with Gasteiger partial charge in [0.15, 0.2) is 6.61 Å². The molecule has 0 bridgehead atoms. The van der Waals surface area contributed by atoms with Gasteiger partial charge in [-0.15, -0.1) is 0 Å². The fourth-order valence-electron chi connectivity index (χ4n) is 4.06. The fraction of sp³-hybridized carbons (Fsp3) is 0.632. The Bertz CT molecular complexity index is 567. The first-order valence-electron chi connectivity index (χ1n) is 9.03. The standard InChI is InChI=1S/C19H28N2O4/c1-24-16-2-4-17(5-3-16)25-14-18(23)21-10-7-19(8-11-21)6-9-20-12-15(19)13-22/h2-5,15,20,22H,6-14H2,1H3/t15-/m0/s1. The van der Waals surface area contributed by atoms with E-state index in [1.165, 1.54) is 0 Å². The number of likely N-dealkylation sites (tertiary alicyclic amines) is 1. The van der Waals surface area contributed by atoms with Crippen LogP contribution < -0.4 is 14.8 Å². The zero-order valence-electron chi connectivity index (χ0n) is 14.9. The highest BCUT2D eigenvalue weighted by Gasteiger charge is 2.43. The number of hydrogen-bond acceptors (Lipinski definition) is 5. The second-order valence-corrected chi connectivity index (χ2v) is 7.04. The smallest absolute Gasteiger partial charge is 0.260 e. The third-order valence-electron chi connectivity index (χ3n) is 5.81. The number of methoxy groups -OCH3 is 1. The SMILES string of the molecule is COc1ccc(OCC(=O)N2CCC3(CCNC[C@H]3CO)CC2)cc1. The van der Waals surface area contributed by atoms with Crippen molar-refractivity contribution in [3.05, 3.63) is 24.3 Å². The van der Waals surface area contributed by atoms with Gasteiger partial charge in [-0.1, -0.05) is 0 Å². The van der Waals surface area contributed by atoms with Crippen LogP contribution in [0.25, 0.3) is 0 Å². The largest absolute Gasteiger partial charge is 0.497 e. The summed E-state index contributed by atoms with van der Waals surface area (Å²) in [6.45, 7) is 3.67. The first-order valence-corrected chi connectivity index (χ1v) is 9.03. The van der Waals surface area contributed by atoms with Gasteiger partial charge in [-0.05, 0) is 55.5 Å². The second-order valence-electron chi connectivity index (χ2n) is 7.04. The lowest BCUT2D eigenvalue weighted by Crippen LogP contribution is -2.53. The first kappa shape index (κ1) is 18.0. The average molecular weight is 348 g/mol. The van der Waals surface area contributed by atoms with Crippen molar-refractivity contribution in [2.24, 2.45) is 11.3 Å². The van der Waals surface area contributed by atoms with Crippen LogP contribution in [0.2, 0.25) is 0 Å². The van der Waals surface area contributed by atoms with Gasteiger partial charge in [-0.3, -0.25) is 4.79 Å². The topological polar surface area (TPSA) is 71.0 Å². The van der Waals surface area contributed by atoms with Gasteiger partial charge in [0.1, 0.15) is 11.5 Å². The third kappa shape index (κ3) is 4.07. The summed E-state index contributed by atoms with van der Waals surface area (Å²) in [4.78, 5) is 14.3. The molecule has 0 saturated carbocycles. The number of carbonyl (C=O) groups is 1. The molecule has 1 aromatic rings. The van der Waals surface area contributed by atoms with Gasteiger partial charge in [0.25, 0.3) is 5.91 Å². The normalized spacial score (nSPS) is 22.6. The van der Waals surface area contributed by atoms with Crippen molar-refractivity contribution in [2.75, 3.05) is 46.5 Å². The molecule has 2 heterocycles. The van der Waals surface area contributed by atoms with E-state index in [9.17, 15) is 9.90 Å². The summed E-state index contributed by atoms with van der Waals surface area (Å²) >= 11 is 0. The zero-order valence-corrected chi connectivity index (χ0v) is 14.9. The van der Waals surface area contributed by atoms with E-state index < -0.39 is 0 Å². The van der Waals surface area contributed by atoms with Gasteiger partial charge in [0.05, 0.1) is 7.11 Å². The number of aliphatic hydroxyl groups is 1. The highest BCUT2D eigenvalue weighted by molar-refractivity contribution is 5.77. The van der Waals surface area contributed by atoms with E-state index in [2.05, 4.69) is 5.32 Å². The van der Waals surface area contributed by atoms with Crippen LogP contribution in [0.4, 0.5) is 0 Å². The zero-order chi connectivity index (χ0) is 17.7. The number of amides is 1. The maximum absolute atomic E-state index is 12.4. The van der Waals surface area contributed by atoms with E-state index in [0.29, 0.717) is 11.7 Å². The van der Waals surface area contributed by atoms with Crippen LogP contribution in [0.1, 0.15) is 19.3 Å². The van der Waals surface area contributed by atoms with Crippen molar-refractivity contribution in [1.82, 2.24) is 10.2 Å². The van der Waals surface area contributed by atoms with Crippen LogP contribution >= 0.6 is 0 Å². The van der Waals surface area contributed by atoms with E-state index in [0.717, 1.165) is 51.2 Å². The number of ether oxygens (including phenoxy) is 2. The maximum Gasteiger partial charge on any atom is 0.260 e. The van der Waals surface area contributed by atoms with E-state index >= 15 is 0 Å². The summed E-state index contributed by atoms with van der Waals surface area (Å²) in [7, 11) is 1.62. The van der Waals surface area contributed by atoms with Crippen molar-refractivity contribution in [1.29, 1.82) is 0 Å². The summed E-state index contributed by atoms with van der Waals surface area (Å²) in [5.74, 6) is 1.76.